The lowest BCUT2D eigenvalue weighted by Crippen LogP contribution is -2.40. The Kier molecular flexibility index (Phi) is 5.92. The highest BCUT2D eigenvalue weighted by Gasteiger charge is 2.32. The quantitative estimate of drug-likeness (QED) is 0.792. The third-order valence-corrected chi connectivity index (χ3v) is 5.76. The van der Waals surface area contributed by atoms with Gasteiger partial charge in [-0.1, -0.05) is 23.7 Å². The smallest absolute Gasteiger partial charge is 0.305 e. The Labute approximate surface area is 151 Å². The van der Waals surface area contributed by atoms with Crippen molar-refractivity contribution >= 4 is 33.3 Å². The van der Waals surface area contributed by atoms with Crippen molar-refractivity contribution in [2.45, 2.75) is 24.3 Å². The first-order valence-electron chi connectivity index (χ1n) is 7.42. The molecule has 0 aliphatic heterocycles. The van der Waals surface area contributed by atoms with Crippen LogP contribution in [0.5, 0.6) is 5.75 Å². The number of carboxylic acids is 1. The van der Waals surface area contributed by atoms with Gasteiger partial charge >= 0.3 is 5.97 Å². The summed E-state index contributed by atoms with van der Waals surface area (Å²) < 4.78 is 32.7. The van der Waals surface area contributed by atoms with Gasteiger partial charge < -0.3 is 9.84 Å². The van der Waals surface area contributed by atoms with Crippen molar-refractivity contribution in [3.63, 3.8) is 0 Å². The molecule has 1 atom stereocenters. The molecular weight excluding hydrogens is 366 g/mol. The number of rotatable bonds is 7. The molecule has 2 aromatic rings. The third-order valence-electron chi connectivity index (χ3n) is 3.56. The first kappa shape index (κ1) is 19.1. The van der Waals surface area contributed by atoms with Crippen LogP contribution in [-0.4, -0.2) is 32.6 Å². The molecule has 6 nitrogen and oxygen atoms in total. The van der Waals surface area contributed by atoms with E-state index in [4.69, 9.17) is 21.4 Å². The van der Waals surface area contributed by atoms with Crippen LogP contribution >= 0.6 is 11.6 Å². The number of benzene rings is 2. The van der Waals surface area contributed by atoms with E-state index in [-0.39, 0.29) is 17.0 Å². The van der Waals surface area contributed by atoms with Gasteiger partial charge in [-0.3, -0.25) is 9.10 Å². The van der Waals surface area contributed by atoms with E-state index in [1.54, 1.807) is 24.3 Å². The van der Waals surface area contributed by atoms with Gasteiger partial charge in [0.15, 0.2) is 0 Å². The lowest BCUT2D eigenvalue weighted by Gasteiger charge is -2.30. The first-order chi connectivity index (χ1) is 11.8. The zero-order valence-electron chi connectivity index (χ0n) is 13.7. The standard InChI is InChI=1S/C17H18ClNO5S/c1-12(11-17(20)21)19(15-5-3-4-6-16(15)24-2)25(22,23)14-9-7-13(18)8-10-14/h3-10,12H,11H2,1-2H3,(H,20,21). The lowest BCUT2D eigenvalue weighted by molar-refractivity contribution is -0.137. The molecule has 0 saturated carbocycles. The molecule has 0 radical (unpaired) electrons. The summed E-state index contributed by atoms with van der Waals surface area (Å²) in [5.41, 5.74) is 0.272. The fourth-order valence-electron chi connectivity index (χ4n) is 2.47. The summed E-state index contributed by atoms with van der Waals surface area (Å²) in [5, 5.41) is 9.51. The Morgan fingerprint density at radius 3 is 2.36 bits per heavy atom. The second-order valence-electron chi connectivity index (χ2n) is 5.37. The molecule has 25 heavy (non-hydrogen) atoms. The maximum absolute atomic E-state index is 13.2. The molecule has 0 aliphatic carbocycles. The van der Waals surface area contributed by atoms with Crippen LogP contribution in [-0.2, 0) is 14.8 Å². The van der Waals surface area contributed by atoms with Crippen LogP contribution in [0, 0.1) is 0 Å². The third kappa shape index (κ3) is 4.24. The second-order valence-corrected chi connectivity index (χ2v) is 7.62. The van der Waals surface area contributed by atoms with Gasteiger partial charge in [0.2, 0.25) is 0 Å². The van der Waals surface area contributed by atoms with E-state index in [0.29, 0.717) is 10.8 Å². The number of nitrogens with zero attached hydrogens (tertiary/aromatic N) is 1. The van der Waals surface area contributed by atoms with Crippen molar-refractivity contribution in [1.82, 2.24) is 0 Å². The number of halogens is 1. The summed E-state index contributed by atoms with van der Waals surface area (Å²) in [6.45, 7) is 1.54. The highest BCUT2D eigenvalue weighted by Crippen LogP contribution is 2.34. The van der Waals surface area contributed by atoms with E-state index in [2.05, 4.69) is 0 Å². The molecule has 8 heteroatoms. The summed E-state index contributed by atoms with van der Waals surface area (Å²) in [6.07, 6.45) is -0.356. The zero-order chi connectivity index (χ0) is 18.6. The molecule has 0 bridgehead atoms. The molecule has 0 amide bonds. The molecule has 0 spiro atoms. The van der Waals surface area contributed by atoms with Crippen LogP contribution in [0.4, 0.5) is 5.69 Å². The summed E-state index contributed by atoms with van der Waals surface area (Å²) in [4.78, 5) is 11.2. The predicted octanol–water partition coefficient (Wildman–Crippen LogP) is 3.41. The Morgan fingerprint density at radius 1 is 1.20 bits per heavy atom. The largest absolute Gasteiger partial charge is 0.495 e. The minimum Gasteiger partial charge on any atom is -0.495 e. The predicted molar refractivity (Wildman–Crippen MR) is 95.8 cm³/mol. The van der Waals surface area contributed by atoms with Crippen LogP contribution in [0.25, 0.3) is 0 Å². The topological polar surface area (TPSA) is 83.9 Å². The van der Waals surface area contributed by atoms with Gasteiger partial charge in [-0.05, 0) is 43.3 Å². The number of ether oxygens (including phenoxy) is 1. The van der Waals surface area contributed by atoms with Gasteiger partial charge in [0, 0.05) is 5.02 Å². The van der Waals surface area contributed by atoms with E-state index < -0.39 is 22.0 Å². The molecule has 0 aliphatic rings. The van der Waals surface area contributed by atoms with Gasteiger partial charge in [0.05, 0.1) is 30.2 Å². The van der Waals surface area contributed by atoms with Crippen LogP contribution in [0.15, 0.2) is 53.4 Å². The number of sulfonamides is 1. The fourth-order valence-corrected chi connectivity index (χ4v) is 4.26. The average molecular weight is 384 g/mol. The summed E-state index contributed by atoms with van der Waals surface area (Å²) in [5.74, 6) is -0.768. The summed E-state index contributed by atoms with van der Waals surface area (Å²) in [7, 11) is -2.59. The second kappa shape index (κ2) is 7.76. The van der Waals surface area contributed by atoms with Gasteiger partial charge in [0.1, 0.15) is 5.75 Å². The van der Waals surface area contributed by atoms with Crippen molar-refractivity contribution in [2.75, 3.05) is 11.4 Å². The van der Waals surface area contributed by atoms with Gasteiger partial charge in [-0.15, -0.1) is 0 Å². The van der Waals surface area contributed by atoms with Gasteiger partial charge in [0.25, 0.3) is 10.0 Å². The van der Waals surface area contributed by atoms with E-state index in [0.717, 1.165) is 4.31 Å². The van der Waals surface area contributed by atoms with Crippen molar-refractivity contribution < 1.29 is 23.1 Å². The number of hydrogen-bond acceptors (Lipinski definition) is 4. The average Bonchev–Trinajstić information content (AvgIpc) is 2.55. The molecule has 0 heterocycles. The summed E-state index contributed by atoms with van der Waals surface area (Å²) in [6, 6.07) is 11.4. The van der Waals surface area contributed by atoms with Crippen LogP contribution in [0.3, 0.4) is 0 Å². The monoisotopic (exact) mass is 383 g/mol. The Bertz CT molecular complexity index is 852. The number of carboxylic acid groups (broad SMARTS) is 1. The van der Waals surface area contributed by atoms with Crippen molar-refractivity contribution in [3.8, 4) is 5.75 Å². The number of methoxy groups -OCH3 is 1. The zero-order valence-corrected chi connectivity index (χ0v) is 15.3. The number of carbonyl (C=O) groups is 1. The molecule has 134 valence electrons. The van der Waals surface area contributed by atoms with Crippen LogP contribution < -0.4 is 9.04 Å². The Hall–Kier alpha value is -2.25. The van der Waals surface area contributed by atoms with Gasteiger partial charge in [-0.2, -0.15) is 0 Å². The van der Waals surface area contributed by atoms with Crippen LogP contribution in [0.2, 0.25) is 5.02 Å². The van der Waals surface area contributed by atoms with Gasteiger partial charge in [-0.25, -0.2) is 8.42 Å². The van der Waals surface area contributed by atoms with E-state index in [1.807, 2.05) is 0 Å². The minimum atomic E-state index is -4.02. The maximum Gasteiger partial charge on any atom is 0.305 e. The Morgan fingerprint density at radius 2 is 1.80 bits per heavy atom. The van der Waals surface area contributed by atoms with E-state index >= 15 is 0 Å². The molecule has 1 unspecified atom stereocenters. The van der Waals surface area contributed by atoms with Crippen molar-refractivity contribution in [1.29, 1.82) is 0 Å². The molecule has 0 saturated heterocycles. The van der Waals surface area contributed by atoms with Crippen molar-refractivity contribution in [2.24, 2.45) is 0 Å². The highest BCUT2D eigenvalue weighted by molar-refractivity contribution is 7.92. The first-order valence-corrected chi connectivity index (χ1v) is 9.24. The number of hydrogen-bond donors (Lipinski definition) is 1. The maximum atomic E-state index is 13.2. The number of aliphatic carboxylic acids is 1. The van der Waals surface area contributed by atoms with Crippen molar-refractivity contribution in [3.05, 3.63) is 53.6 Å². The highest BCUT2D eigenvalue weighted by atomic mass is 35.5. The van der Waals surface area contributed by atoms with E-state index in [9.17, 15) is 13.2 Å². The SMILES string of the molecule is COc1ccccc1N(C(C)CC(=O)O)S(=O)(=O)c1ccc(Cl)cc1. The fraction of sp³-hybridized carbons (Fsp3) is 0.235. The molecule has 2 aromatic carbocycles. The molecule has 0 fully saturated rings. The Balaban J connectivity index is 2.62. The lowest BCUT2D eigenvalue weighted by atomic mass is 10.2. The molecule has 1 N–H and O–H groups in total. The summed E-state index contributed by atoms with van der Waals surface area (Å²) >= 11 is 5.83. The number of para-hydroxylation sites is 2. The van der Waals surface area contributed by atoms with Crippen LogP contribution in [0.1, 0.15) is 13.3 Å². The normalized spacial score (nSPS) is 12.4. The minimum absolute atomic E-state index is 0.0139. The number of anilines is 1. The van der Waals surface area contributed by atoms with E-state index in [1.165, 1.54) is 38.3 Å². The molecular formula is C17H18ClNO5S. The molecule has 0 aromatic heterocycles. The molecule has 2 rings (SSSR count).